The smallest absolute Gasteiger partial charge is 0.267 e. The van der Waals surface area contributed by atoms with E-state index in [1.165, 1.54) is 34.0 Å². The molecule has 4 aromatic rings. The van der Waals surface area contributed by atoms with Crippen LogP contribution in [-0.2, 0) is 11.4 Å². The van der Waals surface area contributed by atoms with E-state index >= 15 is 0 Å². The second kappa shape index (κ2) is 13.1. The van der Waals surface area contributed by atoms with E-state index in [9.17, 15) is 4.79 Å². The van der Waals surface area contributed by atoms with Gasteiger partial charge < -0.3 is 9.47 Å². The monoisotopic (exact) mass is 576 g/mol. The Morgan fingerprint density at radius 1 is 0.857 bits per heavy atom. The molecule has 4 aromatic carbocycles. The summed E-state index contributed by atoms with van der Waals surface area (Å²) in [6.07, 6.45) is 1.91. The SMILES string of the molecule is CCOc1cc(/C=C2/SC(=Nc3ccccc3)N([C@@H](C)c3ccccc3)C2=O)ccc1OCc1c(C)cc(C)cc1C. The molecule has 1 fully saturated rings. The van der Waals surface area contributed by atoms with Gasteiger partial charge in [0.25, 0.3) is 5.91 Å². The lowest BCUT2D eigenvalue weighted by Crippen LogP contribution is -2.32. The van der Waals surface area contributed by atoms with Crippen molar-refractivity contribution in [1.82, 2.24) is 4.90 Å². The third-order valence-electron chi connectivity index (χ3n) is 7.26. The number of amides is 1. The van der Waals surface area contributed by atoms with E-state index in [4.69, 9.17) is 14.5 Å². The Kier molecular flexibility index (Phi) is 9.13. The van der Waals surface area contributed by atoms with E-state index in [1.807, 2.05) is 98.8 Å². The zero-order valence-electron chi connectivity index (χ0n) is 24.8. The quantitative estimate of drug-likeness (QED) is 0.187. The van der Waals surface area contributed by atoms with Crippen LogP contribution in [0.15, 0.2) is 101 Å². The van der Waals surface area contributed by atoms with Crippen molar-refractivity contribution in [2.75, 3.05) is 6.61 Å². The molecule has 1 saturated heterocycles. The van der Waals surface area contributed by atoms with Crippen molar-refractivity contribution in [2.24, 2.45) is 4.99 Å². The molecule has 5 nitrogen and oxygen atoms in total. The maximum atomic E-state index is 13.8. The molecule has 1 aliphatic rings. The molecule has 0 N–H and O–H groups in total. The molecule has 0 bridgehead atoms. The number of hydrogen-bond acceptors (Lipinski definition) is 5. The molecule has 42 heavy (non-hydrogen) atoms. The number of thioether (sulfide) groups is 1. The molecule has 1 amide bonds. The minimum atomic E-state index is -0.178. The van der Waals surface area contributed by atoms with Crippen LogP contribution >= 0.6 is 11.8 Å². The number of para-hydroxylation sites is 1. The van der Waals surface area contributed by atoms with E-state index < -0.39 is 0 Å². The summed E-state index contributed by atoms with van der Waals surface area (Å²) in [5.74, 6) is 1.25. The highest BCUT2D eigenvalue weighted by molar-refractivity contribution is 8.18. The molecule has 0 unspecified atom stereocenters. The molecule has 0 aliphatic carbocycles. The Morgan fingerprint density at radius 3 is 2.19 bits per heavy atom. The summed E-state index contributed by atoms with van der Waals surface area (Å²) >= 11 is 1.39. The molecular formula is C36H36N2O3S. The Hall–Kier alpha value is -4.29. The standard InChI is InChI=1S/C36H36N2O3S/c1-6-40-33-21-28(17-18-32(33)41-23-31-25(3)19-24(2)20-26(31)4)22-34-35(39)38(27(5)29-13-9-7-10-14-29)36(42-34)37-30-15-11-8-12-16-30/h7-22,27H,6,23H2,1-5H3/b34-22+,37-36?/t27-/m0/s1. The number of aliphatic imine (C=N–C) groups is 1. The topological polar surface area (TPSA) is 51.1 Å². The van der Waals surface area contributed by atoms with Crippen molar-refractivity contribution in [3.63, 3.8) is 0 Å². The second-order valence-corrected chi connectivity index (χ2v) is 11.4. The number of ether oxygens (including phenoxy) is 2. The lowest BCUT2D eigenvalue weighted by molar-refractivity contribution is -0.123. The summed E-state index contributed by atoms with van der Waals surface area (Å²) in [5.41, 5.74) is 7.56. The number of benzene rings is 4. The molecular weight excluding hydrogens is 540 g/mol. The number of aryl methyl sites for hydroxylation is 3. The van der Waals surface area contributed by atoms with Gasteiger partial charge in [0.15, 0.2) is 16.7 Å². The third-order valence-corrected chi connectivity index (χ3v) is 8.25. The second-order valence-electron chi connectivity index (χ2n) is 10.4. The largest absolute Gasteiger partial charge is 0.490 e. The van der Waals surface area contributed by atoms with Crippen molar-refractivity contribution in [3.05, 3.63) is 129 Å². The average Bonchev–Trinajstić information content (AvgIpc) is 3.27. The minimum Gasteiger partial charge on any atom is -0.490 e. The van der Waals surface area contributed by atoms with Gasteiger partial charge in [-0.05, 0) is 105 Å². The first kappa shape index (κ1) is 29.2. The van der Waals surface area contributed by atoms with Gasteiger partial charge in [-0.2, -0.15) is 0 Å². The molecule has 214 valence electrons. The van der Waals surface area contributed by atoms with E-state index in [0.717, 1.165) is 16.8 Å². The summed E-state index contributed by atoms with van der Waals surface area (Å²) in [5, 5.41) is 0.655. The van der Waals surface area contributed by atoms with Crippen molar-refractivity contribution in [1.29, 1.82) is 0 Å². The fourth-order valence-corrected chi connectivity index (χ4v) is 6.21. The fraction of sp³-hybridized carbons (Fsp3) is 0.222. The number of carbonyl (C=O) groups is 1. The highest BCUT2D eigenvalue weighted by Crippen LogP contribution is 2.40. The van der Waals surface area contributed by atoms with Crippen molar-refractivity contribution in [3.8, 4) is 11.5 Å². The van der Waals surface area contributed by atoms with Gasteiger partial charge in [0, 0.05) is 0 Å². The number of nitrogens with zero attached hydrogens (tertiary/aromatic N) is 2. The van der Waals surface area contributed by atoms with Crippen molar-refractivity contribution in [2.45, 2.75) is 47.3 Å². The zero-order chi connectivity index (χ0) is 29.6. The molecule has 0 radical (unpaired) electrons. The molecule has 1 atom stereocenters. The summed E-state index contributed by atoms with van der Waals surface area (Å²) in [4.78, 5) is 21.1. The molecule has 1 heterocycles. The summed E-state index contributed by atoms with van der Waals surface area (Å²) < 4.78 is 12.2. The van der Waals surface area contributed by atoms with E-state index in [2.05, 4.69) is 32.9 Å². The third kappa shape index (κ3) is 6.60. The van der Waals surface area contributed by atoms with Crippen LogP contribution in [0, 0.1) is 20.8 Å². The highest BCUT2D eigenvalue weighted by Gasteiger charge is 2.37. The normalized spacial score (nSPS) is 15.8. The maximum absolute atomic E-state index is 13.8. The average molecular weight is 577 g/mol. The first-order chi connectivity index (χ1) is 20.3. The van der Waals surface area contributed by atoms with Gasteiger partial charge in [-0.1, -0.05) is 72.3 Å². The molecule has 5 rings (SSSR count). The van der Waals surface area contributed by atoms with Crippen LogP contribution in [0.1, 0.15) is 53.3 Å². The van der Waals surface area contributed by atoms with Gasteiger partial charge in [-0.15, -0.1) is 0 Å². The van der Waals surface area contributed by atoms with Crippen LogP contribution in [-0.4, -0.2) is 22.6 Å². The molecule has 6 heteroatoms. The summed E-state index contributed by atoms with van der Waals surface area (Å²) in [6, 6.07) is 29.8. The number of hydrogen-bond donors (Lipinski definition) is 0. The maximum Gasteiger partial charge on any atom is 0.267 e. The van der Waals surface area contributed by atoms with Gasteiger partial charge in [0.2, 0.25) is 0 Å². The van der Waals surface area contributed by atoms with Crippen molar-refractivity contribution < 1.29 is 14.3 Å². The van der Waals surface area contributed by atoms with Crippen LogP contribution in [0.5, 0.6) is 11.5 Å². The molecule has 0 aromatic heterocycles. The molecule has 0 saturated carbocycles. The summed E-state index contributed by atoms with van der Waals surface area (Å²) in [6.45, 7) is 11.3. The van der Waals surface area contributed by atoms with E-state index in [-0.39, 0.29) is 11.9 Å². The first-order valence-electron chi connectivity index (χ1n) is 14.2. The fourth-order valence-electron chi connectivity index (χ4n) is 5.14. The summed E-state index contributed by atoms with van der Waals surface area (Å²) in [7, 11) is 0. The predicted molar refractivity (Wildman–Crippen MR) is 173 cm³/mol. The zero-order valence-corrected chi connectivity index (χ0v) is 25.6. The van der Waals surface area contributed by atoms with Gasteiger partial charge in [0.1, 0.15) is 6.61 Å². The van der Waals surface area contributed by atoms with Crippen LogP contribution in [0.3, 0.4) is 0 Å². The van der Waals surface area contributed by atoms with Gasteiger partial charge in [-0.25, -0.2) is 4.99 Å². The predicted octanol–water partition coefficient (Wildman–Crippen LogP) is 8.95. The minimum absolute atomic E-state index is 0.0744. The molecule has 0 spiro atoms. The Morgan fingerprint density at radius 2 is 1.52 bits per heavy atom. The number of carbonyl (C=O) groups excluding carboxylic acids is 1. The van der Waals surface area contributed by atoms with Crippen molar-refractivity contribution >= 4 is 34.6 Å². The van der Waals surface area contributed by atoms with Gasteiger partial charge in [-0.3, -0.25) is 9.69 Å². The van der Waals surface area contributed by atoms with Crippen LogP contribution < -0.4 is 9.47 Å². The lowest BCUT2D eigenvalue weighted by atomic mass is 10.0. The van der Waals surface area contributed by atoms with Crippen LogP contribution in [0.2, 0.25) is 0 Å². The van der Waals surface area contributed by atoms with Gasteiger partial charge >= 0.3 is 0 Å². The number of amidine groups is 1. The highest BCUT2D eigenvalue weighted by atomic mass is 32.2. The lowest BCUT2D eigenvalue weighted by Gasteiger charge is -2.24. The number of rotatable bonds is 9. The Bertz CT molecular complexity index is 1610. The van der Waals surface area contributed by atoms with Crippen LogP contribution in [0.4, 0.5) is 5.69 Å². The van der Waals surface area contributed by atoms with E-state index in [0.29, 0.717) is 34.8 Å². The molecule has 1 aliphatic heterocycles. The van der Waals surface area contributed by atoms with E-state index in [1.54, 1.807) is 4.90 Å². The van der Waals surface area contributed by atoms with Crippen LogP contribution in [0.25, 0.3) is 6.08 Å². The Balaban J connectivity index is 1.44. The van der Waals surface area contributed by atoms with Gasteiger partial charge in [0.05, 0.1) is 23.2 Å². The first-order valence-corrected chi connectivity index (χ1v) is 15.0. The Labute approximate surface area is 252 Å².